The zero-order valence-corrected chi connectivity index (χ0v) is 21.7. The van der Waals surface area contributed by atoms with Crippen LogP contribution in [0, 0.1) is 0 Å². The van der Waals surface area contributed by atoms with Crippen LogP contribution in [0.2, 0.25) is 5.02 Å². The molecule has 5 rings (SSSR count). The maximum Gasteiger partial charge on any atom is 0.257 e. The van der Waals surface area contributed by atoms with Crippen LogP contribution in [0.3, 0.4) is 0 Å². The van der Waals surface area contributed by atoms with Gasteiger partial charge in [-0.25, -0.2) is 4.98 Å². The van der Waals surface area contributed by atoms with Crippen LogP contribution in [0.5, 0.6) is 5.75 Å². The second kappa shape index (κ2) is 11.1. The molecule has 1 aliphatic heterocycles. The SMILES string of the molecule is COc1cccc(C(=O)N2CCN(c3ccc(NC(=O)CSc4nc5cc(Cl)ccc5o4)cc3)CC2)c1. The molecule has 37 heavy (non-hydrogen) atoms. The summed E-state index contributed by atoms with van der Waals surface area (Å²) in [5, 5.41) is 3.91. The highest BCUT2D eigenvalue weighted by Gasteiger charge is 2.22. The average molecular weight is 537 g/mol. The normalized spacial score (nSPS) is 13.6. The number of ether oxygens (including phenoxy) is 1. The largest absolute Gasteiger partial charge is 0.497 e. The van der Waals surface area contributed by atoms with Gasteiger partial charge in [-0.05, 0) is 60.7 Å². The van der Waals surface area contributed by atoms with E-state index < -0.39 is 0 Å². The van der Waals surface area contributed by atoms with Crippen LogP contribution in [0.1, 0.15) is 10.4 Å². The molecule has 0 atom stereocenters. The van der Waals surface area contributed by atoms with Crippen LogP contribution in [0.4, 0.5) is 11.4 Å². The van der Waals surface area contributed by atoms with Gasteiger partial charge in [-0.1, -0.05) is 29.4 Å². The number of aromatic nitrogens is 1. The first kappa shape index (κ1) is 25.0. The lowest BCUT2D eigenvalue weighted by atomic mass is 10.1. The van der Waals surface area contributed by atoms with Crippen molar-refractivity contribution in [1.29, 1.82) is 0 Å². The van der Waals surface area contributed by atoms with Gasteiger partial charge < -0.3 is 24.3 Å². The third kappa shape index (κ3) is 6.00. The molecule has 8 nitrogen and oxygen atoms in total. The standard InChI is InChI=1S/C27H25ClN4O4S/c1-35-22-4-2-3-18(15-22)26(34)32-13-11-31(12-14-32)21-8-6-20(7-9-21)29-25(33)17-37-27-30-23-16-19(28)5-10-24(23)36-27/h2-10,15-16H,11-14,17H2,1H3,(H,29,33). The summed E-state index contributed by atoms with van der Waals surface area (Å²) in [6, 6.07) is 20.2. The summed E-state index contributed by atoms with van der Waals surface area (Å²) in [7, 11) is 1.59. The van der Waals surface area contributed by atoms with Gasteiger partial charge in [0, 0.05) is 48.1 Å². The number of nitrogens with one attached hydrogen (secondary N) is 1. The van der Waals surface area contributed by atoms with E-state index in [0.717, 1.165) is 18.8 Å². The van der Waals surface area contributed by atoms with Crippen LogP contribution in [-0.2, 0) is 4.79 Å². The van der Waals surface area contributed by atoms with E-state index in [2.05, 4.69) is 15.2 Å². The minimum absolute atomic E-state index is 0.0103. The number of anilines is 2. The predicted molar refractivity (Wildman–Crippen MR) is 146 cm³/mol. The van der Waals surface area contributed by atoms with Crippen molar-refractivity contribution in [2.75, 3.05) is 49.3 Å². The molecule has 2 heterocycles. The summed E-state index contributed by atoms with van der Waals surface area (Å²) in [5.74, 6) is 0.705. The summed E-state index contributed by atoms with van der Waals surface area (Å²) in [5.41, 5.74) is 3.69. The van der Waals surface area contributed by atoms with Crippen LogP contribution in [-0.4, -0.2) is 60.7 Å². The molecule has 0 aliphatic carbocycles. The molecule has 3 aromatic carbocycles. The van der Waals surface area contributed by atoms with Gasteiger partial charge in [0.1, 0.15) is 11.3 Å². The topological polar surface area (TPSA) is 87.9 Å². The number of piperazine rings is 1. The van der Waals surface area contributed by atoms with Crippen molar-refractivity contribution in [3.63, 3.8) is 0 Å². The number of fused-ring (bicyclic) bond motifs is 1. The number of benzene rings is 3. The fourth-order valence-corrected chi connectivity index (χ4v) is 4.93. The van der Waals surface area contributed by atoms with E-state index in [0.29, 0.717) is 51.4 Å². The highest BCUT2D eigenvalue weighted by molar-refractivity contribution is 7.99. The minimum atomic E-state index is -0.150. The number of methoxy groups -OCH3 is 1. The first-order valence-electron chi connectivity index (χ1n) is 11.8. The molecule has 10 heteroatoms. The molecule has 4 aromatic rings. The Morgan fingerprint density at radius 1 is 1.05 bits per heavy atom. The Morgan fingerprint density at radius 2 is 1.84 bits per heavy atom. The lowest BCUT2D eigenvalue weighted by Crippen LogP contribution is -2.48. The molecular weight excluding hydrogens is 512 g/mol. The van der Waals surface area contributed by atoms with Gasteiger partial charge in [0.2, 0.25) is 5.91 Å². The Hall–Kier alpha value is -3.69. The third-order valence-electron chi connectivity index (χ3n) is 6.06. The summed E-state index contributed by atoms with van der Waals surface area (Å²) < 4.78 is 10.9. The smallest absolute Gasteiger partial charge is 0.257 e. The number of thioether (sulfide) groups is 1. The number of hydrogen-bond acceptors (Lipinski definition) is 7. The molecule has 0 spiro atoms. The molecule has 1 N–H and O–H groups in total. The Morgan fingerprint density at radius 3 is 2.59 bits per heavy atom. The maximum absolute atomic E-state index is 12.9. The fraction of sp³-hybridized carbons (Fsp3) is 0.222. The van der Waals surface area contributed by atoms with E-state index in [9.17, 15) is 9.59 Å². The molecule has 1 fully saturated rings. The number of carbonyl (C=O) groups is 2. The summed E-state index contributed by atoms with van der Waals surface area (Å²) in [6.07, 6.45) is 0. The van der Waals surface area contributed by atoms with Crippen molar-refractivity contribution in [3.05, 3.63) is 77.3 Å². The molecule has 0 bridgehead atoms. The summed E-state index contributed by atoms with van der Waals surface area (Å²) >= 11 is 7.21. The lowest BCUT2D eigenvalue weighted by Gasteiger charge is -2.36. The van der Waals surface area contributed by atoms with Crippen molar-refractivity contribution < 1.29 is 18.7 Å². The molecule has 0 saturated carbocycles. The van der Waals surface area contributed by atoms with Crippen molar-refractivity contribution in [2.45, 2.75) is 5.22 Å². The van der Waals surface area contributed by atoms with Crippen molar-refractivity contribution in [1.82, 2.24) is 9.88 Å². The highest BCUT2D eigenvalue weighted by Crippen LogP contribution is 2.26. The summed E-state index contributed by atoms with van der Waals surface area (Å²) in [4.78, 5) is 33.7. The van der Waals surface area contributed by atoms with Gasteiger partial charge in [0.15, 0.2) is 5.58 Å². The molecule has 1 saturated heterocycles. The molecule has 2 amide bonds. The molecular formula is C27H25ClN4O4S. The number of halogens is 1. The number of oxazole rings is 1. The quantitative estimate of drug-likeness (QED) is 0.325. The molecule has 0 radical (unpaired) electrons. The van der Waals surface area contributed by atoms with E-state index in [1.54, 1.807) is 31.4 Å². The van der Waals surface area contributed by atoms with Gasteiger partial charge in [-0.3, -0.25) is 9.59 Å². The van der Waals surface area contributed by atoms with Crippen LogP contribution >= 0.6 is 23.4 Å². The molecule has 190 valence electrons. The first-order chi connectivity index (χ1) is 18.0. The van der Waals surface area contributed by atoms with Crippen molar-refractivity contribution >= 4 is 57.7 Å². The predicted octanol–water partition coefficient (Wildman–Crippen LogP) is 5.18. The number of hydrogen-bond donors (Lipinski definition) is 1. The van der Waals surface area contributed by atoms with Gasteiger partial charge in [0.25, 0.3) is 11.1 Å². The molecule has 0 unspecified atom stereocenters. The van der Waals surface area contributed by atoms with E-state index >= 15 is 0 Å². The zero-order valence-electron chi connectivity index (χ0n) is 20.1. The second-order valence-corrected chi connectivity index (χ2v) is 9.85. The lowest BCUT2D eigenvalue weighted by molar-refractivity contribution is -0.113. The van der Waals surface area contributed by atoms with Gasteiger partial charge in [-0.15, -0.1) is 0 Å². The summed E-state index contributed by atoms with van der Waals surface area (Å²) in [6.45, 7) is 2.73. The monoisotopic (exact) mass is 536 g/mol. The van der Waals surface area contributed by atoms with E-state index in [-0.39, 0.29) is 17.6 Å². The minimum Gasteiger partial charge on any atom is -0.497 e. The Labute approximate surface area is 223 Å². The second-order valence-electron chi connectivity index (χ2n) is 8.49. The van der Waals surface area contributed by atoms with Crippen LogP contribution in [0.15, 0.2) is 76.4 Å². The maximum atomic E-state index is 12.9. The first-order valence-corrected chi connectivity index (χ1v) is 13.1. The van der Waals surface area contributed by atoms with E-state index in [1.807, 2.05) is 47.4 Å². The fourth-order valence-electron chi connectivity index (χ4n) is 4.13. The average Bonchev–Trinajstić information content (AvgIpc) is 3.34. The zero-order chi connectivity index (χ0) is 25.8. The highest BCUT2D eigenvalue weighted by atomic mass is 35.5. The Kier molecular flexibility index (Phi) is 7.52. The third-order valence-corrected chi connectivity index (χ3v) is 7.12. The Bertz CT molecular complexity index is 1420. The van der Waals surface area contributed by atoms with Gasteiger partial charge >= 0.3 is 0 Å². The van der Waals surface area contributed by atoms with E-state index in [4.69, 9.17) is 20.8 Å². The number of nitrogens with zero attached hydrogens (tertiary/aromatic N) is 3. The van der Waals surface area contributed by atoms with Gasteiger partial charge in [-0.2, -0.15) is 0 Å². The Balaban J connectivity index is 1.10. The van der Waals surface area contributed by atoms with Crippen molar-refractivity contribution in [2.24, 2.45) is 0 Å². The molecule has 1 aromatic heterocycles. The van der Waals surface area contributed by atoms with Crippen molar-refractivity contribution in [3.8, 4) is 5.75 Å². The van der Waals surface area contributed by atoms with Crippen LogP contribution in [0.25, 0.3) is 11.1 Å². The number of rotatable bonds is 7. The number of amides is 2. The molecule has 1 aliphatic rings. The number of carbonyl (C=O) groups excluding carboxylic acids is 2. The van der Waals surface area contributed by atoms with Crippen LogP contribution < -0.4 is 15.0 Å². The van der Waals surface area contributed by atoms with E-state index in [1.165, 1.54) is 11.8 Å². The van der Waals surface area contributed by atoms with Gasteiger partial charge in [0.05, 0.1) is 12.9 Å².